The maximum Gasteiger partial charge on any atom is 0.338 e. The second kappa shape index (κ2) is 31.5. The molecule has 0 atom stereocenters. The maximum absolute atomic E-state index is 16.6. The molecule has 10 heterocycles. The molecule has 10 nitrogen and oxygen atoms in total. The van der Waals surface area contributed by atoms with E-state index in [9.17, 15) is 9.18 Å². The SMILES string of the molecule is [3H]CSCCOC(=O)c1ccc(-c2c3nc(c(-c4c(F)c(F)c(F)c(F)c4F)c4ccc([nH]4)c(-c4ccc(C#Cc5ccc(-c6c7nc(c(-c8c(C)cc(C)cc8C)c8ccc([nH]8)c(-c8ccc(Br)cc8)c8nc(c(-c9c(C)cc(C)cc9C)c9ccc6[nH]9)C=C8)C=C7)cc5)cc4)c4nc(c(-c5c(F)cc(F)c(F)c5F)c5ccc2[nH]5)C=C4)C=C3)cc1. The van der Waals surface area contributed by atoms with Gasteiger partial charge in [0.25, 0.3) is 0 Å². The number of nitrogens with zero attached hydrogens (tertiary/aromatic N) is 4. The summed E-state index contributed by atoms with van der Waals surface area (Å²) in [7, 11) is 0. The summed E-state index contributed by atoms with van der Waals surface area (Å²) in [5.74, 6) is -12.0. The van der Waals surface area contributed by atoms with Crippen LogP contribution in [0.3, 0.4) is 0 Å². The summed E-state index contributed by atoms with van der Waals surface area (Å²) in [6.45, 7) is 12.7. The topological polar surface area (TPSA) is 141 Å². The molecule has 0 fully saturated rings. The highest BCUT2D eigenvalue weighted by Gasteiger charge is 2.32. The van der Waals surface area contributed by atoms with E-state index in [-0.39, 0.29) is 86.0 Å². The van der Waals surface area contributed by atoms with Gasteiger partial charge >= 0.3 is 5.97 Å². The predicted molar refractivity (Wildman–Crippen MR) is 472 cm³/mol. The molecule has 0 aliphatic carbocycles. The van der Waals surface area contributed by atoms with Crippen molar-refractivity contribution in [2.45, 2.75) is 41.5 Å². The first-order chi connectivity index (χ1) is 58.9. The molecule has 6 aromatic heterocycles. The van der Waals surface area contributed by atoms with Crippen molar-refractivity contribution in [3.05, 3.63) is 328 Å². The molecule has 0 unspecified atom stereocenters. The van der Waals surface area contributed by atoms with Gasteiger partial charge in [0.2, 0.25) is 5.82 Å². The summed E-state index contributed by atoms with van der Waals surface area (Å²) < 4.78 is 157. The Balaban J connectivity index is 0.792. The molecular weight excluding hydrogens is 1630 g/mol. The number of aryl methyl sites for hydroxylation is 6. The van der Waals surface area contributed by atoms with Crippen LogP contribution in [0.15, 0.2) is 180 Å². The third kappa shape index (κ3) is 14.3. The van der Waals surface area contributed by atoms with Gasteiger partial charge in [-0.25, -0.2) is 64.2 Å². The van der Waals surface area contributed by atoms with Gasteiger partial charge in [-0.3, -0.25) is 0 Å². The number of benzene rings is 8. The first-order valence-corrected chi connectivity index (χ1v) is 40.4. The average Bonchev–Trinajstić information content (AvgIpc) is 1.60. The van der Waals surface area contributed by atoms with Gasteiger partial charge in [0.15, 0.2) is 40.7 Å². The van der Waals surface area contributed by atoms with Gasteiger partial charge in [0.1, 0.15) is 12.4 Å². The van der Waals surface area contributed by atoms with Gasteiger partial charge in [-0.1, -0.05) is 112 Å². The van der Waals surface area contributed by atoms with E-state index in [0.717, 1.165) is 122 Å². The number of carbonyl (C=O) groups is 1. The Kier molecular flexibility index (Phi) is 20.1. The molecule has 0 spiro atoms. The lowest BCUT2D eigenvalue weighted by Crippen LogP contribution is -2.07. The highest BCUT2D eigenvalue weighted by Crippen LogP contribution is 2.46. The fourth-order valence-electron chi connectivity index (χ4n) is 16.7. The number of halogens is 10. The molecule has 16 bridgehead atoms. The Labute approximate surface area is 701 Å². The van der Waals surface area contributed by atoms with Crippen LogP contribution in [0.2, 0.25) is 0 Å². The third-order valence-electron chi connectivity index (χ3n) is 21.9. The fourth-order valence-corrected chi connectivity index (χ4v) is 17.2. The normalized spacial score (nSPS) is 12.2. The van der Waals surface area contributed by atoms with Gasteiger partial charge in [-0.15, -0.1) is 0 Å². The van der Waals surface area contributed by atoms with Gasteiger partial charge in [-0.05, 0) is 249 Å². The van der Waals surface area contributed by atoms with Crippen LogP contribution < -0.4 is 0 Å². The van der Waals surface area contributed by atoms with Gasteiger partial charge < -0.3 is 24.7 Å². The predicted octanol–water partition coefficient (Wildman–Crippen LogP) is 26.7. The zero-order valence-electron chi connectivity index (χ0n) is 66.3. The Hall–Kier alpha value is -13.8. The number of nitrogens with one attached hydrogen (secondary N) is 4. The number of ether oxygens (including phenoxy) is 1. The number of thioether (sulfide) groups is 1. The highest BCUT2D eigenvalue weighted by atomic mass is 79.9. The molecule has 0 saturated heterocycles. The number of carbonyl (C=O) groups excluding carboxylic acids is 1. The lowest BCUT2D eigenvalue weighted by molar-refractivity contribution is 0.0530. The van der Waals surface area contributed by atoms with Crippen LogP contribution in [0.1, 0.15) is 102 Å². The molecule has 0 radical (unpaired) electrons. The number of hydrogen-bond donors (Lipinski definition) is 4. The minimum atomic E-state index is -2.39. The van der Waals surface area contributed by atoms with Crippen molar-refractivity contribution in [2.24, 2.45) is 0 Å². The van der Waals surface area contributed by atoms with Crippen LogP contribution in [-0.2, 0) is 4.74 Å². The summed E-state index contributed by atoms with van der Waals surface area (Å²) in [6.07, 6.45) is 14.0. The van der Waals surface area contributed by atoms with Crippen molar-refractivity contribution < 1.29 is 50.4 Å². The lowest BCUT2D eigenvalue weighted by Gasteiger charge is -2.13. The van der Waals surface area contributed by atoms with Crippen molar-refractivity contribution in [2.75, 3.05) is 18.6 Å². The summed E-state index contributed by atoms with van der Waals surface area (Å²) >= 11 is 4.92. The smallest absolute Gasteiger partial charge is 0.338 e. The van der Waals surface area contributed by atoms with E-state index in [1.165, 1.54) is 84.6 Å². The quantitative estimate of drug-likeness (QED) is 0.0238. The number of fused-ring (bicyclic) bond motifs is 16. The van der Waals surface area contributed by atoms with Crippen LogP contribution in [0.25, 0.3) is 182 Å². The zero-order chi connectivity index (χ0) is 84.8. The lowest BCUT2D eigenvalue weighted by atomic mass is 9.92. The zero-order valence-corrected chi connectivity index (χ0v) is 67.7. The summed E-state index contributed by atoms with van der Waals surface area (Å²) in [6, 6.07) is 52.0. The minimum Gasteiger partial charge on any atom is -0.461 e. The van der Waals surface area contributed by atoms with Crippen molar-refractivity contribution in [3.8, 4) is 101 Å². The maximum atomic E-state index is 16.6. The molecule has 8 aromatic carbocycles. The Morgan fingerprint density at radius 3 is 0.983 bits per heavy atom. The molecular formula is C100H66BrF9N8O2S. The Morgan fingerprint density at radius 1 is 0.347 bits per heavy atom. The first-order valence-electron chi connectivity index (χ1n) is 39.1. The van der Waals surface area contributed by atoms with E-state index in [1.54, 1.807) is 24.3 Å². The Bertz CT molecular complexity index is 7270. The number of rotatable bonds is 12. The van der Waals surface area contributed by atoms with Crippen LogP contribution in [0, 0.1) is 106 Å². The summed E-state index contributed by atoms with van der Waals surface area (Å²) in [5.41, 5.74) is 19.2. The number of aromatic amines is 4. The second-order valence-electron chi connectivity index (χ2n) is 29.9. The molecule has 21 heteroatoms. The van der Waals surface area contributed by atoms with Crippen molar-refractivity contribution in [3.63, 3.8) is 0 Å². The van der Waals surface area contributed by atoms with Crippen LogP contribution in [-0.4, -0.2) is 64.4 Å². The largest absolute Gasteiger partial charge is 0.461 e. The van der Waals surface area contributed by atoms with E-state index < -0.39 is 75.0 Å². The molecule has 4 N–H and O–H groups in total. The number of H-pyrrole nitrogens is 4. The fraction of sp³-hybridized carbons (Fsp3) is 0.0900. The highest BCUT2D eigenvalue weighted by molar-refractivity contribution is 9.10. The van der Waals surface area contributed by atoms with Gasteiger partial charge in [0, 0.05) is 117 Å². The summed E-state index contributed by atoms with van der Waals surface area (Å²) in [5, 5.41) is 0. The molecule has 4 aliphatic rings. The van der Waals surface area contributed by atoms with Crippen LogP contribution >= 0.6 is 27.7 Å². The van der Waals surface area contributed by atoms with E-state index in [2.05, 4.69) is 174 Å². The molecule has 4 aliphatic heterocycles. The van der Waals surface area contributed by atoms with Gasteiger partial charge in [-0.2, -0.15) is 11.8 Å². The molecule has 594 valence electrons. The third-order valence-corrected chi connectivity index (χ3v) is 22.9. The number of hydrogen-bond acceptors (Lipinski definition) is 7. The second-order valence-corrected chi connectivity index (χ2v) is 31.6. The van der Waals surface area contributed by atoms with E-state index in [1.807, 2.05) is 36.4 Å². The average molecular weight is 1700 g/mol. The van der Waals surface area contributed by atoms with Crippen molar-refractivity contribution in [1.82, 2.24) is 39.9 Å². The standard InChI is InChI=1S/C100H66BrF9N8O2S/c1-49-44-51(3)81(52(4)45-49)88-73-34-26-65(111-73)83(66-27-35-74(112-66)89(82-53(5)46-50(2)47-54(82)6)76-37-29-72(114-76)86(71-28-36-75(88)113-71)60-22-24-62(101)25-23-60)57-14-10-55(11-15-57)8-9-56-12-16-58(17-13-56)84-67-30-38-77(115-67)90(87-63(102)48-64(103)93(104)94(87)105)78-39-31-69(116-78)85(59-18-20-61(21-19-59)100(119)120-42-43-121-7)70-33-41-80(118-70)91(79-40-32-68(84)117-79)92-95(106)97(108)99(110)98(109)96(92)107/h10-41,44-48,111,114,116-117H,42-43H2,1-7H3/i7T. The van der Waals surface area contributed by atoms with Crippen molar-refractivity contribution >= 4 is 126 Å². The molecule has 121 heavy (non-hydrogen) atoms. The van der Waals surface area contributed by atoms with E-state index >= 15 is 35.1 Å². The Morgan fingerprint density at radius 2 is 0.636 bits per heavy atom. The molecule has 14 aromatic rings. The van der Waals surface area contributed by atoms with E-state index in [4.69, 9.17) is 26.0 Å². The van der Waals surface area contributed by atoms with Crippen LogP contribution in [0.5, 0.6) is 0 Å². The number of esters is 1. The van der Waals surface area contributed by atoms with Crippen LogP contribution in [0.4, 0.5) is 39.5 Å². The first kappa shape index (κ1) is 77.1. The number of aromatic nitrogens is 8. The molecule has 18 rings (SSSR count). The molecule has 0 saturated carbocycles. The molecule has 0 amide bonds. The van der Waals surface area contributed by atoms with Crippen molar-refractivity contribution in [1.29, 1.82) is 0 Å². The summed E-state index contributed by atoms with van der Waals surface area (Å²) in [4.78, 5) is 48.2. The van der Waals surface area contributed by atoms with E-state index in [0.29, 0.717) is 33.7 Å². The minimum absolute atomic E-state index is 0.00306. The van der Waals surface area contributed by atoms with Gasteiger partial charge in [0.05, 0.1) is 62.2 Å². The monoisotopic (exact) mass is 1690 g/mol.